The van der Waals surface area contributed by atoms with Crippen LogP contribution in [0.25, 0.3) is 16.3 Å². The smallest absolute Gasteiger partial charge is 0.201 e. The first-order valence-electron chi connectivity index (χ1n) is 10.8. The minimum atomic E-state index is -0.654. The Balaban J connectivity index is 1.16. The van der Waals surface area contributed by atoms with Gasteiger partial charge in [-0.05, 0) is 65.1 Å². The van der Waals surface area contributed by atoms with Crippen molar-refractivity contribution in [2.75, 3.05) is 11.9 Å². The summed E-state index contributed by atoms with van der Waals surface area (Å²) < 4.78 is 6.21. The molecule has 0 bridgehead atoms. The molecular formula is C26H26ClNO3. The van der Waals surface area contributed by atoms with Gasteiger partial charge < -0.3 is 10.1 Å². The molecule has 1 saturated carbocycles. The first kappa shape index (κ1) is 20.5. The highest BCUT2D eigenvalue weighted by molar-refractivity contribution is 6.30. The molecule has 0 aromatic heterocycles. The lowest BCUT2D eigenvalue weighted by Gasteiger charge is -2.43. The van der Waals surface area contributed by atoms with E-state index < -0.39 is 5.79 Å². The minimum absolute atomic E-state index is 0.309. The van der Waals surface area contributed by atoms with Crippen molar-refractivity contribution >= 4 is 33.6 Å². The number of halogens is 1. The maximum atomic E-state index is 6.21. The first-order valence-corrected chi connectivity index (χ1v) is 11.2. The number of hydrogen-bond acceptors (Lipinski definition) is 4. The van der Waals surface area contributed by atoms with Crippen LogP contribution in [0.4, 0.5) is 5.69 Å². The zero-order valence-electron chi connectivity index (χ0n) is 17.4. The molecule has 5 heteroatoms. The molecule has 1 N–H and O–H groups in total. The van der Waals surface area contributed by atoms with Gasteiger partial charge in [-0.25, -0.2) is 9.78 Å². The topological polar surface area (TPSA) is 39.7 Å². The maximum Gasteiger partial charge on any atom is 0.201 e. The zero-order chi connectivity index (χ0) is 21.3. The molecule has 3 aromatic carbocycles. The quantitative estimate of drug-likeness (QED) is 0.468. The summed E-state index contributed by atoms with van der Waals surface area (Å²) in [5.41, 5.74) is 3.00. The number of nitrogens with one attached hydrogen (secondary N) is 1. The summed E-state index contributed by atoms with van der Waals surface area (Å²) in [5.74, 6) is -0.654. The van der Waals surface area contributed by atoms with E-state index in [1.165, 1.54) is 10.8 Å². The van der Waals surface area contributed by atoms with E-state index in [0.29, 0.717) is 12.6 Å². The van der Waals surface area contributed by atoms with Gasteiger partial charge in [-0.2, -0.15) is 0 Å². The Labute approximate surface area is 187 Å². The molecule has 31 heavy (non-hydrogen) atoms. The number of anilines is 1. The van der Waals surface area contributed by atoms with Crippen LogP contribution in [0.15, 0.2) is 73.3 Å². The van der Waals surface area contributed by atoms with Crippen molar-refractivity contribution in [2.45, 2.75) is 43.6 Å². The molecule has 4 nitrogen and oxygen atoms in total. The second-order valence-corrected chi connectivity index (χ2v) is 8.84. The van der Waals surface area contributed by atoms with Gasteiger partial charge in [0.05, 0.1) is 6.61 Å². The molecule has 0 amide bonds. The lowest BCUT2D eigenvalue weighted by atomic mass is 9.89. The van der Waals surface area contributed by atoms with Crippen LogP contribution in [-0.4, -0.2) is 24.5 Å². The van der Waals surface area contributed by atoms with Crippen molar-refractivity contribution < 1.29 is 14.5 Å². The van der Waals surface area contributed by atoms with Crippen LogP contribution in [0.3, 0.4) is 0 Å². The molecule has 1 atom stereocenters. The average Bonchev–Trinajstić information content (AvgIpc) is 2.82. The fourth-order valence-electron chi connectivity index (χ4n) is 4.37. The molecule has 3 aromatic rings. The number of hydrogen-bond donors (Lipinski definition) is 1. The number of ether oxygens (including phenoxy) is 1. The Hall–Kier alpha value is -2.37. The fourth-order valence-corrected chi connectivity index (χ4v) is 4.50. The summed E-state index contributed by atoms with van der Waals surface area (Å²) in [4.78, 5) is 11.6. The SMILES string of the molecule is C=C(c1ccc2ccccc2c1)C1COC2(CCC(Nc3ccc(Cl)cc3)CC2)OO1. The van der Waals surface area contributed by atoms with Gasteiger partial charge in [0.25, 0.3) is 0 Å². The van der Waals surface area contributed by atoms with Crippen molar-refractivity contribution in [3.8, 4) is 0 Å². The van der Waals surface area contributed by atoms with Gasteiger partial charge in [0.15, 0.2) is 0 Å². The second kappa shape index (κ2) is 8.64. The van der Waals surface area contributed by atoms with E-state index in [1.807, 2.05) is 36.4 Å². The van der Waals surface area contributed by atoms with Crippen LogP contribution in [0.1, 0.15) is 31.2 Å². The van der Waals surface area contributed by atoms with E-state index in [-0.39, 0.29) is 6.10 Å². The molecule has 1 saturated heterocycles. The highest BCUT2D eigenvalue weighted by Crippen LogP contribution is 2.39. The lowest BCUT2D eigenvalue weighted by Crippen LogP contribution is -2.49. The number of rotatable bonds is 4. The maximum absolute atomic E-state index is 6.21. The van der Waals surface area contributed by atoms with Crippen LogP contribution in [0.5, 0.6) is 0 Å². The number of benzene rings is 3. The van der Waals surface area contributed by atoms with E-state index in [2.05, 4.69) is 42.2 Å². The summed E-state index contributed by atoms with van der Waals surface area (Å²) in [5, 5.41) is 6.70. The summed E-state index contributed by atoms with van der Waals surface area (Å²) in [7, 11) is 0. The summed E-state index contributed by atoms with van der Waals surface area (Å²) >= 11 is 5.97. The predicted molar refractivity (Wildman–Crippen MR) is 125 cm³/mol. The van der Waals surface area contributed by atoms with Crippen molar-refractivity contribution in [2.24, 2.45) is 0 Å². The normalized spacial score (nSPS) is 26.1. The van der Waals surface area contributed by atoms with Gasteiger partial charge in [0, 0.05) is 29.6 Å². The van der Waals surface area contributed by atoms with Crippen LogP contribution in [-0.2, 0) is 14.5 Å². The summed E-state index contributed by atoms with van der Waals surface area (Å²) in [6.07, 6.45) is 3.16. The molecule has 0 radical (unpaired) electrons. The van der Waals surface area contributed by atoms with Gasteiger partial charge in [-0.1, -0.05) is 54.6 Å². The zero-order valence-corrected chi connectivity index (χ0v) is 18.1. The van der Waals surface area contributed by atoms with Crippen molar-refractivity contribution in [1.29, 1.82) is 0 Å². The van der Waals surface area contributed by atoms with Crippen molar-refractivity contribution in [3.05, 3.63) is 83.9 Å². The highest BCUT2D eigenvalue weighted by Gasteiger charge is 2.43. The van der Waals surface area contributed by atoms with Crippen LogP contribution < -0.4 is 5.32 Å². The Morgan fingerprint density at radius 1 is 0.968 bits per heavy atom. The average molecular weight is 436 g/mol. The van der Waals surface area contributed by atoms with E-state index in [9.17, 15) is 0 Å². The first-order chi connectivity index (χ1) is 15.1. The Morgan fingerprint density at radius 3 is 2.42 bits per heavy atom. The Bertz CT molecular complexity index is 1060. The van der Waals surface area contributed by atoms with Crippen LogP contribution in [0, 0.1) is 0 Å². The third-order valence-corrected chi connectivity index (χ3v) is 6.54. The van der Waals surface area contributed by atoms with Crippen LogP contribution in [0.2, 0.25) is 5.02 Å². The summed E-state index contributed by atoms with van der Waals surface area (Å²) in [6.45, 7) is 4.70. The number of fused-ring (bicyclic) bond motifs is 1. The van der Waals surface area contributed by atoms with Gasteiger partial charge in [0.1, 0.15) is 6.10 Å². The Morgan fingerprint density at radius 2 is 1.71 bits per heavy atom. The van der Waals surface area contributed by atoms with E-state index >= 15 is 0 Å². The van der Waals surface area contributed by atoms with E-state index in [1.54, 1.807) is 0 Å². The molecule has 1 aliphatic heterocycles. The molecule has 2 fully saturated rings. The van der Waals surface area contributed by atoms with Crippen molar-refractivity contribution in [3.63, 3.8) is 0 Å². The molecule has 1 spiro atoms. The largest absolute Gasteiger partial charge is 0.382 e. The molecule has 1 aliphatic carbocycles. The van der Waals surface area contributed by atoms with Gasteiger partial charge >= 0.3 is 0 Å². The van der Waals surface area contributed by atoms with Crippen molar-refractivity contribution in [1.82, 2.24) is 0 Å². The van der Waals surface area contributed by atoms with Gasteiger partial charge in [-0.3, -0.25) is 0 Å². The molecule has 1 heterocycles. The third-order valence-electron chi connectivity index (χ3n) is 6.29. The lowest BCUT2D eigenvalue weighted by molar-refractivity contribution is -0.483. The van der Waals surface area contributed by atoms with Crippen LogP contribution >= 0.6 is 11.6 Å². The van der Waals surface area contributed by atoms with E-state index in [4.69, 9.17) is 26.1 Å². The van der Waals surface area contributed by atoms with Gasteiger partial charge in [-0.15, -0.1) is 0 Å². The summed E-state index contributed by atoms with van der Waals surface area (Å²) in [6, 6.07) is 22.8. The monoisotopic (exact) mass is 435 g/mol. The van der Waals surface area contributed by atoms with Gasteiger partial charge in [0.2, 0.25) is 5.79 Å². The standard InChI is InChI=1S/C26H26ClNO3/c1-18(20-7-6-19-4-2-3-5-21(19)16-20)25-17-29-26(31-30-25)14-12-24(13-15-26)28-23-10-8-22(27)9-11-23/h2-11,16,24-25,28H,1,12-15,17H2. The third kappa shape index (κ3) is 4.48. The van der Waals surface area contributed by atoms with E-state index in [0.717, 1.165) is 47.5 Å². The fraction of sp³-hybridized carbons (Fsp3) is 0.308. The second-order valence-electron chi connectivity index (χ2n) is 8.40. The highest BCUT2D eigenvalue weighted by atomic mass is 35.5. The minimum Gasteiger partial charge on any atom is -0.382 e. The molecule has 1 unspecified atom stereocenters. The molecular weight excluding hydrogens is 410 g/mol. The molecule has 160 valence electrons. The Kier molecular flexibility index (Phi) is 5.72. The predicted octanol–water partition coefficient (Wildman–Crippen LogP) is 6.60. The molecule has 5 rings (SSSR count). The molecule has 2 aliphatic rings.